The van der Waals surface area contributed by atoms with Crippen molar-refractivity contribution in [3.8, 4) is 0 Å². The van der Waals surface area contributed by atoms with E-state index in [0.29, 0.717) is 5.92 Å². The maximum Gasteiger partial charge on any atom is 0.0582 e. The van der Waals surface area contributed by atoms with E-state index in [1.54, 1.807) is 6.20 Å². The fourth-order valence-electron chi connectivity index (χ4n) is 1.71. The molecule has 1 atom stereocenters. The number of hydrogen-bond donors (Lipinski definition) is 2. The maximum absolute atomic E-state index is 6.13. The van der Waals surface area contributed by atoms with Crippen molar-refractivity contribution in [1.29, 1.82) is 0 Å². The van der Waals surface area contributed by atoms with Crippen molar-refractivity contribution in [2.24, 2.45) is 5.73 Å². The molecule has 1 aromatic carbocycles. The lowest BCUT2D eigenvalue weighted by Gasteiger charge is -2.11. The van der Waals surface area contributed by atoms with Crippen LogP contribution in [-0.2, 0) is 0 Å². The molecule has 0 spiro atoms. The van der Waals surface area contributed by atoms with Crippen LogP contribution in [0.5, 0.6) is 0 Å². The van der Waals surface area contributed by atoms with Gasteiger partial charge in [-0.25, -0.2) is 0 Å². The molecule has 1 unspecified atom stereocenters. The predicted molar refractivity (Wildman–Crippen MR) is 65.1 cm³/mol. The summed E-state index contributed by atoms with van der Waals surface area (Å²) in [5, 5.41) is 6.69. The lowest BCUT2D eigenvalue weighted by molar-refractivity contribution is 0.848. The third-order valence-corrected chi connectivity index (χ3v) is 2.84. The van der Waals surface area contributed by atoms with Crippen LogP contribution in [0.1, 0.15) is 42.5 Å². The number of H-pyrrole nitrogens is 1. The summed E-state index contributed by atoms with van der Waals surface area (Å²) in [6.07, 6.45) is 3.60. The standard InChI is InChI=1S/C13H17N3/c1-9(2)10-3-5-11(6-4-10)13(14)12-7-15-16-8-12/h3-9,13H,14H2,1-2H3,(H,15,16). The zero-order valence-corrected chi connectivity index (χ0v) is 9.64. The predicted octanol–water partition coefficient (Wildman–Crippen LogP) is 2.58. The zero-order chi connectivity index (χ0) is 11.5. The first-order valence-corrected chi connectivity index (χ1v) is 5.52. The van der Waals surface area contributed by atoms with Crippen LogP contribution in [0, 0.1) is 0 Å². The summed E-state index contributed by atoms with van der Waals surface area (Å²) in [7, 11) is 0. The highest BCUT2D eigenvalue weighted by Gasteiger charge is 2.09. The number of benzene rings is 1. The van der Waals surface area contributed by atoms with Crippen molar-refractivity contribution in [3.63, 3.8) is 0 Å². The number of aromatic nitrogens is 2. The first-order chi connectivity index (χ1) is 7.68. The van der Waals surface area contributed by atoms with Gasteiger partial charge >= 0.3 is 0 Å². The molecule has 0 amide bonds. The van der Waals surface area contributed by atoms with Gasteiger partial charge in [0.25, 0.3) is 0 Å². The van der Waals surface area contributed by atoms with E-state index in [4.69, 9.17) is 5.73 Å². The van der Waals surface area contributed by atoms with Crippen LogP contribution >= 0.6 is 0 Å². The molecular formula is C13H17N3. The number of aromatic amines is 1. The normalized spacial score (nSPS) is 13.0. The molecule has 1 heterocycles. The quantitative estimate of drug-likeness (QED) is 0.826. The minimum Gasteiger partial charge on any atom is -0.320 e. The van der Waals surface area contributed by atoms with Gasteiger partial charge in [-0.2, -0.15) is 5.10 Å². The van der Waals surface area contributed by atoms with Crippen molar-refractivity contribution < 1.29 is 0 Å². The second kappa shape index (κ2) is 4.49. The van der Waals surface area contributed by atoms with Gasteiger partial charge in [0, 0.05) is 11.8 Å². The smallest absolute Gasteiger partial charge is 0.0582 e. The third kappa shape index (κ3) is 2.14. The Balaban J connectivity index is 2.22. The van der Waals surface area contributed by atoms with E-state index in [-0.39, 0.29) is 6.04 Å². The monoisotopic (exact) mass is 215 g/mol. The molecule has 0 saturated heterocycles. The van der Waals surface area contributed by atoms with Gasteiger partial charge in [-0.15, -0.1) is 0 Å². The Morgan fingerprint density at radius 1 is 1.06 bits per heavy atom. The Morgan fingerprint density at radius 2 is 1.69 bits per heavy atom. The highest BCUT2D eigenvalue weighted by Crippen LogP contribution is 2.21. The summed E-state index contributed by atoms with van der Waals surface area (Å²) >= 11 is 0. The van der Waals surface area contributed by atoms with Gasteiger partial charge in [0.05, 0.1) is 12.2 Å². The van der Waals surface area contributed by atoms with Crippen molar-refractivity contribution in [2.45, 2.75) is 25.8 Å². The molecule has 0 saturated carbocycles. The lowest BCUT2D eigenvalue weighted by atomic mass is 9.97. The third-order valence-electron chi connectivity index (χ3n) is 2.84. The number of nitrogens with two attached hydrogens (primary N) is 1. The second-order valence-corrected chi connectivity index (χ2v) is 4.33. The van der Waals surface area contributed by atoms with Gasteiger partial charge in [0.2, 0.25) is 0 Å². The fraction of sp³-hybridized carbons (Fsp3) is 0.308. The molecule has 84 valence electrons. The minimum absolute atomic E-state index is 0.0973. The molecule has 2 aromatic rings. The molecule has 0 aliphatic heterocycles. The van der Waals surface area contributed by atoms with Crippen LogP contribution < -0.4 is 5.73 Å². The molecule has 0 bridgehead atoms. The highest BCUT2D eigenvalue weighted by atomic mass is 15.1. The summed E-state index contributed by atoms with van der Waals surface area (Å²) in [5.41, 5.74) is 9.59. The van der Waals surface area contributed by atoms with E-state index in [0.717, 1.165) is 11.1 Å². The summed E-state index contributed by atoms with van der Waals surface area (Å²) < 4.78 is 0. The average Bonchev–Trinajstić information content (AvgIpc) is 2.81. The Labute approximate surface area is 95.7 Å². The largest absolute Gasteiger partial charge is 0.320 e. The van der Waals surface area contributed by atoms with E-state index in [9.17, 15) is 0 Å². The molecule has 3 heteroatoms. The summed E-state index contributed by atoms with van der Waals surface area (Å²) in [5.74, 6) is 0.555. The molecule has 1 aromatic heterocycles. The first kappa shape index (κ1) is 10.9. The van der Waals surface area contributed by atoms with Crippen LogP contribution in [-0.4, -0.2) is 10.2 Å². The van der Waals surface area contributed by atoms with Crippen LogP contribution in [0.25, 0.3) is 0 Å². The zero-order valence-electron chi connectivity index (χ0n) is 9.64. The second-order valence-electron chi connectivity index (χ2n) is 4.33. The summed E-state index contributed by atoms with van der Waals surface area (Å²) in [6.45, 7) is 4.37. The van der Waals surface area contributed by atoms with E-state index >= 15 is 0 Å². The highest BCUT2D eigenvalue weighted by molar-refractivity contribution is 5.31. The van der Waals surface area contributed by atoms with Gasteiger partial charge in [-0.3, -0.25) is 5.10 Å². The van der Waals surface area contributed by atoms with Crippen molar-refractivity contribution in [2.75, 3.05) is 0 Å². The van der Waals surface area contributed by atoms with Gasteiger partial charge in [0.1, 0.15) is 0 Å². The van der Waals surface area contributed by atoms with Crippen molar-refractivity contribution in [3.05, 3.63) is 53.3 Å². The molecule has 0 aliphatic rings. The molecular weight excluding hydrogens is 198 g/mol. The SMILES string of the molecule is CC(C)c1ccc(C(N)c2cn[nH]c2)cc1. The number of nitrogens with zero attached hydrogens (tertiary/aromatic N) is 1. The summed E-state index contributed by atoms with van der Waals surface area (Å²) in [6, 6.07) is 8.36. The number of nitrogens with one attached hydrogen (secondary N) is 1. The van der Waals surface area contributed by atoms with E-state index < -0.39 is 0 Å². The Morgan fingerprint density at radius 3 is 2.19 bits per heavy atom. The van der Waals surface area contributed by atoms with Gasteiger partial charge in [-0.1, -0.05) is 38.1 Å². The van der Waals surface area contributed by atoms with Crippen molar-refractivity contribution >= 4 is 0 Å². The van der Waals surface area contributed by atoms with Gasteiger partial charge in [0.15, 0.2) is 0 Å². The molecule has 3 N–H and O–H groups in total. The minimum atomic E-state index is -0.0973. The van der Waals surface area contributed by atoms with E-state index in [2.05, 4.69) is 48.3 Å². The number of hydrogen-bond acceptors (Lipinski definition) is 2. The van der Waals surface area contributed by atoms with Crippen LogP contribution in [0.15, 0.2) is 36.7 Å². The van der Waals surface area contributed by atoms with E-state index in [1.165, 1.54) is 5.56 Å². The summed E-state index contributed by atoms with van der Waals surface area (Å²) in [4.78, 5) is 0. The average molecular weight is 215 g/mol. The molecule has 2 rings (SSSR count). The van der Waals surface area contributed by atoms with E-state index in [1.807, 2.05) is 6.20 Å². The first-order valence-electron chi connectivity index (χ1n) is 5.52. The molecule has 0 fully saturated rings. The van der Waals surface area contributed by atoms with Crippen LogP contribution in [0.2, 0.25) is 0 Å². The Bertz CT molecular complexity index is 429. The Kier molecular flexibility index (Phi) is 3.06. The molecule has 0 radical (unpaired) electrons. The molecule has 16 heavy (non-hydrogen) atoms. The molecule has 3 nitrogen and oxygen atoms in total. The van der Waals surface area contributed by atoms with Crippen molar-refractivity contribution in [1.82, 2.24) is 10.2 Å². The Hall–Kier alpha value is -1.61. The fourth-order valence-corrected chi connectivity index (χ4v) is 1.71. The number of rotatable bonds is 3. The van der Waals surface area contributed by atoms with Gasteiger partial charge < -0.3 is 5.73 Å². The van der Waals surface area contributed by atoms with Crippen LogP contribution in [0.4, 0.5) is 0 Å². The van der Waals surface area contributed by atoms with Crippen LogP contribution in [0.3, 0.4) is 0 Å². The van der Waals surface area contributed by atoms with Gasteiger partial charge in [-0.05, 0) is 17.0 Å². The lowest BCUT2D eigenvalue weighted by Crippen LogP contribution is -2.10. The topological polar surface area (TPSA) is 54.7 Å². The molecule has 0 aliphatic carbocycles. The maximum atomic E-state index is 6.13.